The molecule has 0 radical (unpaired) electrons. The summed E-state index contributed by atoms with van der Waals surface area (Å²) in [6.45, 7) is 4.98. The van der Waals surface area contributed by atoms with Crippen molar-refractivity contribution in [2.24, 2.45) is 11.3 Å². The van der Waals surface area contributed by atoms with Crippen LogP contribution < -0.4 is 5.32 Å². The van der Waals surface area contributed by atoms with Crippen LogP contribution in [-0.2, 0) is 0 Å². The molecular weight excluding hydrogens is 246 g/mol. The third-order valence-electron chi connectivity index (χ3n) is 3.40. The minimum Gasteiger partial charge on any atom is -0.384 e. The Bertz CT molecular complexity index is 507. The number of hydrogen-bond acceptors (Lipinski definition) is 3. The standard InChI is InChI=1S/C14H17NO2S/c1-14(2)8-11(14)9-15-13(17)12-10(4-3-6-16)5-7-18-12/h5,7,11,16H,6,8-9H2,1-2H3,(H,15,17). The number of hydrogen-bond donors (Lipinski definition) is 2. The highest BCUT2D eigenvalue weighted by molar-refractivity contribution is 7.12. The van der Waals surface area contributed by atoms with E-state index in [4.69, 9.17) is 5.11 Å². The monoisotopic (exact) mass is 263 g/mol. The maximum absolute atomic E-state index is 12.0. The van der Waals surface area contributed by atoms with Gasteiger partial charge >= 0.3 is 0 Å². The van der Waals surface area contributed by atoms with Crippen LogP contribution >= 0.6 is 11.3 Å². The Balaban J connectivity index is 1.95. The van der Waals surface area contributed by atoms with Gasteiger partial charge in [0.25, 0.3) is 5.91 Å². The molecule has 1 fully saturated rings. The Kier molecular flexibility index (Phi) is 3.74. The summed E-state index contributed by atoms with van der Waals surface area (Å²) < 4.78 is 0. The molecule has 4 heteroatoms. The summed E-state index contributed by atoms with van der Waals surface area (Å²) in [6, 6.07) is 1.81. The van der Waals surface area contributed by atoms with Crippen LogP contribution in [0.4, 0.5) is 0 Å². The predicted octanol–water partition coefficient (Wildman–Crippen LogP) is 1.87. The van der Waals surface area contributed by atoms with Gasteiger partial charge in [-0.15, -0.1) is 11.3 Å². The van der Waals surface area contributed by atoms with E-state index in [9.17, 15) is 4.79 Å². The van der Waals surface area contributed by atoms with Crippen LogP contribution in [0.1, 0.15) is 35.5 Å². The van der Waals surface area contributed by atoms with Crippen LogP contribution in [-0.4, -0.2) is 24.2 Å². The first kappa shape index (κ1) is 13.1. The van der Waals surface area contributed by atoms with Crippen LogP contribution in [0.15, 0.2) is 11.4 Å². The molecule has 96 valence electrons. The van der Waals surface area contributed by atoms with E-state index < -0.39 is 0 Å². The van der Waals surface area contributed by atoms with Crippen molar-refractivity contribution in [1.29, 1.82) is 0 Å². The van der Waals surface area contributed by atoms with Crippen molar-refractivity contribution in [2.75, 3.05) is 13.2 Å². The molecule has 1 saturated carbocycles. The van der Waals surface area contributed by atoms with Crippen LogP contribution in [0, 0.1) is 23.2 Å². The van der Waals surface area contributed by atoms with Gasteiger partial charge in [-0.3, -0.25) is 4.79 Å². The minimum absolute atomic E-state index is 0.0602. The second-order valence-corrected chi connectivity index (χ2v) is 6.14. The van der Waals surface area contributed by atoms with Crippen molar-refractivity contribution in [1.82, 2.24) is 5.32 Å². The number of rotatable bonds is 3. The van der Waals surface area contributed by atoms with Gasteiger partial charge in [-0.2, -0.15) is 0 Å². The summed E-state index contributed by atoms with van der Waals surface area (Å²) in [4.78, 5) is 12.6. The molecule has 0 spiro atoms. The summed E-state index contributed by atoms with van der Waals surface area (Å²) in [5.74, 6) is 5.89. The maximum atomic E-state index is 12.0. The second-order valence-electron chi connectivity index (χ2n) is 5.22. The molecular formula is C14H17NO2S. The fraction of sp³-hybridized carbons (Fsp3) is 0.500. The number of nitrogens with one attached hydrogen (secondary N) is 1. The Hall–Kier alpha value is -1.31. The third-order valence-corrected chi connectivity index (χ3v) is 4.31. The van der Waals surface area contributed by atoms with Gasteiger partial charge in [0.15, 0.2) is 0 Å². The van der Waals surface area contributed by atoms with Crippen molar-refractivity contribution in [3.8, 4) is 11.8 Å². The number of carbonyl (C=O) groups excluding carboxylic acids is 1. The van der Waals surface area contributed by atoms with E-state index >= 15 is 0 Å². The van der Waals surface area contributed by atoms with Gasteiger partial charge in [-0.25, -0.2) is 0 Å². The van der Waals surface area contributed by atoms with Gasteiger partial charge in [-0.05, 0) is 29.2 Å². The normalized spacial score (nSPS) is 19.8. The van der Waals surface area contributed by atoms with Crippen molar-refractivity contribution >= 4 is 17.2 Å². The fourth-order valence-corrected chi connectivity index (χ4v) is 2.70. The molecule has 0 saturated heterocycles. The molecule has 0 aliphatic heterocycles. The van der Waals surface area contributed by atoms with E-state index in [0.29, 0.717) is 21.8 Å². The Morgan fingerprint density at radius 3 is 3.00 bits per heavy atom. The van der Waals surface area contributed by atoms with Crippen LogP contribution in [0.5, 0.6) is 0 Å². The van der Waals surface area contributed by atoms with Crippen LogP contribution in [0.3, 0.4) is 0 Å². The molecule has 1 amide bonds. The smallest absolute Gasteiger partial charge is 0.262 e. The van der Waals surface area contributed by atoms with Crippen LogP contribution in [0.2, 0.25) is 0 Å². The zero-order valence-electron chi connectivity index (χ0n) is 10.6. The molecule has 1 atom stereocenters. The van der Waals surface area contributed by atoms with E-state index in [1.54, 1.807) is 0 Å². The SMILES string of the molecule is CC1(C)CC1CNC(=O)c1sccc1C#CCO. The van der Waals surface area contributed by atoms with E-state index in [2.05, 4.69) is 31.0 Å². The molecule has 0 bridgehead atoms. The van der Waals surface area contributed by atoms with Crippen molar-refractivity contribution in [3.05, 3.63) is 21.9 Å². The van der Waals surface area contributed by atoms with Crippen molar-refractivity contribution in [3.63, 3.8) is 0 Å². The third kappa shape index (κ3) is 2.92. The van der Waals surface area contributed by atoms with Gasteiger partial charge in [0.1, 0.15) is 11.5 Å². The van der Waals surface area contributed by atoms with E-state index in [1.807, 2.05) is 11.4 Å². The molecule has 1 aliphatic rings. The van der Waals surface area contributed by atoms with Crippen molar-refractivity contribution < 1.29 is 9.90 Å². The Labute approximate surface area is 111 Å². The zero-order chi connectivity index (χ0) is 13.2. The summed E-state index contributed by atoms with van der Waals surface area (Å²) >= 11 is 1.38. The lowest BCUT2D eigenvalue weighted by atomic mass is 10.1. The summed E-state index contributed by atoms with van der Waals surface area (Å²) in [6.07, 6.45) is 1.18. The first-order valence-corrected chi connectivity index (χ1v) is 6.88. The minimum atomic E-state index is -0.187. The molecule has 0 aromatic carbocycles. The maximum Gasteiger partial charge on any atom is 0.262 e. The Morgan fingerprint density at radius 1 is 1.67 bits per heavy atom. The predicted molar refractivity (Wildman–Crippen MR) is 72.5 cm³/mol. The number of aliphatic hydroxyl groups excluding tert-OH is 1. The lowest BCUT2D eigenvalue weighted by Crippen LogP contribution is -2.26. The quantitative estimate of drug-likeness (QED) is 0.818. The molecule has 2 N–H and O–H groups in total. The highest BCUT2D eigenvalue weighted by Crippen LogP contribution is 2.50. The molecule has 1 aromatic rings. The summed E-state index contributed by atoms with van der Waals surface area (Å²) in [5, 5.41) is 13.5. The summed E-state index contributed by atoms with van der Waals surface area (Å²) in [7, 11) is 0. The van der Waals surface area contributed by atoms with Gasteiger partial charge in [0.05, 0.1) is 0 Å². The number of aliphatic hydroxyl groups is 1. The molecule has 1 unspecified atom stereocenters. The molecule has 2 rings (SSSR count). The van der Waals surface area contributed by atoms with E-state index in [1.165, 1.54) is 17.8 Å². The summed E-state index contributed by atoms with van der Waals surface area (Å²) in [5.41, 5.74) is 1.07. The molecule has 1 aliphatic carbocycles. The lowest BCUT2D eigenvalue weighted by molar-refractivity contribution is 0.0954. The highest BCUT2D eigenvalue weighted by Gasteiger charge is 2.45. The van der Waals surface area contributed by atoms with Gasteiger partial charge in [0, 0.05) is 12.1 Å². The lowest BCUT2D eigenvalue weighted by Gasteiger charge is -2.05. The van der Waals surface area contributed by atoms with E-state index in [-0.39, 0.29) is 12.5 Å². The van der Waals surface area contributed by atoms with Gasteiger partial charge < -0.3 is 10.4 Å². The number of thiophene rings is 1. The first-order chi connectivity index (χ1) is 8.54. The molecule has 1 aromatic heterocycles. The number of carbonyl (C=O) groups is 1. The Morgan fingerprint density at radius 2 is 2.39 bits per heavy atom. The average molecular weight is 263 g/mol. The highest BCUT2D eigenvalue weighted by atomic mass is 32.1. The topological polar surface area (TPSA) is 49.3 Å². The molecule has 3 nitrogen and oxygen atoms in total. The number of amides is 1. The average Bonchev–Trinajstić information content (AvgIpc) is 2.77. The van der Waals surface area contributed by atoms with E-state index in [0.717, 1.165) is 6.54 Å². The van der Waals surface area contributed by atoms with Gasteiger partial charge in [0.2, 0.25) is 0 Å². The van der Waals surface area contributed by atoms with Crippen molar-refractivity contribution in [2.45, 2.75) is 20.3 Å². The van der Waals surface area contributed by atoms with Gasteiger partial charge in [-0.1, -0.05) is 25.7 Å². The molecule has 18 heavy (non-hydrogen) atoms. The first-order valence-electron chi connectivity index (χ1n) is 6.00. The van der Waals surface area contributed by atoms with Crippen LogP contribution in [0.25, 0.3) is 0 Å². The molecule has 1 heterocycles. The second kappa shape index (κ2) is 5.13. The largest absolute Gasteiger partial charge is 0.384 e. The zero-order valence-corrected chi connectivity index (χ0v) is 11.4. The fourth-order valence-electron chi connectivity index (χ4n) is 1.94.